The standard InChI is InChI=1S/C59H111NO5/c1-3-5-7-9-11-13-15-17-24-27-31-35-39-43-47-51-57(62)56(55-61)60-58(63)52-48-44-40-36-32-28-25-22-20-19-21-23-26-30-34-38-42-46-50-54-65-59(64)53-49-45-41-37-33-29-18-16-14-12-10-8-6-4-2/h10,12,16,18,47,51,56-57,61-62H,3-9,11,13-15,17,19-46,48-50,52-55H2,1-2H3,(H,60,63)/b12-10-,18-16-,51-47+. The minimum Gasteiger partial charge on any atom is -0.466 e. The van der Waals surface area contributed by atoms with Crippen LogP contribution >= 0.6 is 0 Å². The van der Waals surface area contributed by atoms with Crippen LogP contribution in [-0.2, 0) is 14.3 Å². The number of hydrogen-bond acceptors (Lipinski definition) is 5. The summed E-state index contributed by atoms with van der Waals surface area (Å²) in [6.07, 6.45) is 67.3. The van der Waals surface area contributed by atoms with E-state index in [1.165, 1.54) is 225 Å². The highest BCUT2D eigenvalue weighted by molar-refractivity contribution is 5.76. The molecule has 0 aliphatic rings. The Morgan fingerprint density at radius 3 is 1.22 bits per heavy atom. The molecule has 0 aromatic rings. The maximum atomic E-state index is 12.5. The first kappa shape index (κ1) is 63.1. The third kappa shape index (κ3) is 51.3. The predicted molar refractivity (Wildman–Crippen MR) is 283 cm³/mol. The lowest BCUT2D eigenvalue weighted by atomic mass is 10.0. The molecule has 0 fully saturated rings. The maximum Gasteiger partial charge on any atom is 0.305 e. The molecular weight excluding hydrogens is 803 g/mol. The summed E-state index contributed by atoms with van der Waals surface area (Å²) in [7, 11) is 0. The third-order valence-electron chi connectivity index (χ3n) is 13.2. The molecule has 0 saturated carbocycles. The van der Waals surface area contributed by atoms with Crippen LogP contribution in [-0.4, -0.2) is 47.4 Å². The van der Waals surface area contributed by atoms with Crippen molar-refractivity contribution in [1.82, 2.24) is 5.32 Å². The van der Waals surface area contributed by atoms with Crippen molar-refractivity contribution in [2.75, 3.05) is 13.2 Å². The minimum atomic E-state index is -0.846. The summed E-state index contributed by atoms with van der Waals surface area (Å²) in [6, 6.07) is -0.630. The van der Waals surface area contributed by atoms with E-state index in [4.69, 9.17) is 4.74 Å². The predicted octanol–water partition coefficient (Wildman–Crippen LogP) is 17.6. The van der Waals surface area contributed by atoms with Gasteiger partial charge in [0, 0.05) is 12.8 Å². The number of carbonyl (C=O) groups excluding carboxylic acids is 2. The van der Waals surface area contributed by atoms with Gasteiger partial charge in [-0.05, 0) is 57.8 Å². The summed E-state index contributed by atoms with van der Waals surface area (Å²) in [6.45, 7) is 4.86. The second kappa shape index (κ2) is 54.7. The van der Waals surface area contributed by atoms with Crippen LogP contribution in [0.1, 0.15) is 303 Å². The molecule has 2 unspecified atom stereocenters. The van der Waals surface area contributed by atoms with Crippen molar-refractivity contribution in [3.8, 4) is 0 Å². The molecular formula is C59H111NO5. The molecule has 0 aliphatic heterocycles. The third-order valence-corrected chi connectivity index (χ3v) is 13.2. The molecule has 0 spiro atoms. The van der Waals surface area contributed by atoms with Crippen molar-refractivity contribution in [1.29, 1.82) is 0 Å². The first-order valence-electron chi connectivity index (χ1n) is 28.8. The van der Waals surface area contributed by atoms with E-state index in [0.717, 1.165) is 51.4 Å². The molecule has 0 bridgehead atoms. The number of hydrogen-bond donors (Lipinski definition) is 3. The van der Waals surface area contributed by atoms with Crippen molar-refractivity contribution in [2.24, 2.45) is 0 Å². The van der Waals surface area contributed by atoms with Gasteiger partial charge in [0.1, 0.15) is 0 Å². The van der Waals surface area contributed by atoms with Crippen LogP contribution in [0.3, 0.4) is 0 Å². The van der Waals surface area contributed by atoms with Crippen LogP contribution in [0, 0.1) is 0 Å². The molecule has 0 heterocycles. The van der Waals surface area contributed by atoms with E-state index in [0.29, 0.717) is 19.4 Å². The molecule has 382 valence electrons. The van der Waals surface area contributed by atoms with Gasteiger partial charge in [-0.25, -0.2) is 0 Å². The maximum absolute atomic E-state index is 12.5. The number of aliphatic hydroxyl groups excluding tert-OH is 2. The van der Waals surface area contributed by atoms with Gasteiger partial charge in [-0.15, -0.1) is 0 Å². The molecule has 2 atom stereocenters. The van der Waals surface area contributed by atoms with Gasteiger partial charge >= 0.3 is 5.97 Å². The number of rotatable bonds is 53. The van der Waals surface area contributed by atoms with Crippen molar-refractivity contribution in [3.63, 3.8) is 0 Å². The lowest BCUT2D eigenvalue weighted by Crippen LogP contribution is -2.45. The average molecular weight is 915 g/mol. The number of nitrogens with one attached hydrogen (secondary N) is 1. The molecule has 3 N–H and O–H groups in total. The molecule has 1 amide bonds. The number of esters is 1. The molecule has 0 aromatic heterocycles. The fraction of sp³-hybridized carbons (Fsp3) is 0.864. The molecule has 0 radical (unpaired) electrons. The largest absolute Gasteiger partial charge is 0.466 e. The van der Waals surface area contributed by atoms with Crippen molar-refractivity contribution in [2.45, 2.75) is 315 Å². The van der Waals surface area contributed by atoms with Crippen molar-refractivity contribution < 1.29 is 24.5 Å². The molecule has 6 nitrogen and oxygen atoms in total. The zero-order valence-corrected chi connectivity index (χ0v) is 43.5. The highest BCUT2D eigenvalue weighted by Gasteiger charge is 2.18. The smallest absolute Gasteiger partial charge is 0.305 e. The Hall–Kier alpha value is -1.92. The molecule has 6 heteroatoms. The topological polar surface area (TPSA) is 95.9 Å². The number of allylic oxidation sites excluding steroid dienone is 5. The van der Waals surface area contributed by atoms with E-state index in [9.17, 15) is 19.8 Å². The van der Waals surface area contributed by atoms with Crippen LogP contribution in [0.15, 0.2) is 36.5 Å². The number of unbranched alkanes of at least 4 members (excludes halogenated alkanes) is 38. The summed E-state index contributed by atoms with van der Waals surface area (Å²) in [4.78, 5) is 24.5. The van der Waals surface area contributed by atoms with Gasteiger partial charge < -0.3 is 20.3 Å². The van der Waals surface area contributed by atoms with E-state index in [1.54, 1.807) is 6.08 Å². The SMILES string of the molecule is CCCC/C=C\C/C=C\CCCCCCCC(=O)OCCCCCCCCCCCCCCCCCCCCCC(=O)NC(CO)C(O)/C=C/CCCCCCCCCCCCCCC. The van der Waals surface area contributed by atoms with Crippen molar-refractivity contribution in [3.05, 3.63) is 36.5 Å². The Labute approximate surface area is 404 Å². The van der Waals surface area contributed by atoms with Gasteiger partial charge in [0.05, 0.1) is 25.4 Å². The highest BCUT2D eigenvalue weighted by Crippen LogP contribution is 2.17. The Kier molecular flexibility index (Phi) is 53.1. The van der Waals surface area contributed by atoms with Crippen LogP contribution in [0.4, 0.5) is 0 Å². The lowest BCUT2D eigenvalue weighted by molar-refractivity contribution is -0.143. The van der Waals surface area contributed by atoms with Crippen LogP contribution in [0.2, 0.25) is 0 Å². The fourth-order valence-electron chi connectivity index (χ4n) is 8.71. The second-order valence-corrected chi connectivity index (χ2v) is 19.6. The van der Waals surface area contributed by atoms with Gasteiger partial charge in [-0.2, -0.15) is 0 Å². The number of ether oxygens (including phenoxy) is 1. The van der Waals surface area contributed by atoms with Gasteiger partial charge in [0.2, 0.25) is 5.91 Å². The zero-order chi connectivity index (χ0) is 47.2. The van der Waals surface area contributed by atoms with Gasteiger partial charge in [0.15, 0.2) is 0 Å². The Morgan fingerprint density at radius 2 is 0.785 bits per heavy atom. The monoisotopic (exact) mass is 914 g/mol. The van der Waals surface area contributed by atoms with E-state index in [1.807, 2.05) is 6.08 Å². The van der Waals surface area contributed by atoms with E-state index < -0.39 is 12.1 Å². The molecule has 0 aliphatic carbocycles. The molecule has 65 heavy (non-hydrogen) atoms. The number of aliphatic hydroxyl groups is 2. The average Bonchev–Trinajstić information content (AvgIpc) is 3.31. The summed E-state index contributed by atoms with van der Waals surface area (Å²) in [5.41, 5.74) is 0. The van der Waals surface area contributed by atoms with Gasteiger partial charge in [-0.1, -0.05) is 269 Å². The molecule has 0 aromatic carbocycles. The minimum absolute atomic E-state index is 0.00655. The van der Waals surface area contributed by atoms with E-state index >= 15 is 0 Å². The zero-order valence-electron chi connectivity index (χ0n) is 43.5. The summed E-state index contributed by atoms with van der Waals surface area (Å²) in [5.74, 6) is -0.0771. The lowest BCUT2D eigenvalue weighted by Gasteiger charge is -2.20. The van der Waals surface area contributed by atoms with Gasteiger partial charge in [-0.3, -0.25) is 9.59 Å². The Balaban J connectivity index is 3.43. The first-order chi connectivity index (χ1) is 32.0. The highest BCUT2D eigenvalue weighted by atomic mass is 16.5. The number of amides is 1. The first-order valence-corrected chi connectivity index (χ1v) is 28.8. The van der Waals surface area contributed by atoms with E-state index in [-0.39, 0.29) is 18.5 Å². The summed E-state index contributed by atoms with van der Waals surface area (Å²) < 4.78 is 5.47. The molecule has 0 saturated heterocycles. The Morgan fingerprint density at radius 1 is 0.431 bits per heavy atom. The van der Waals surface area contributed by atoms with Crippen LogP contribution in [0.25, 0.3) is 0 Å². The second-order valence-electron chi connectivity index (χ2n) is 19.6. The van der Waals surface area contributed by atoms with Crippen LogP contribution < -0.4 is 5.32 Å². The Bertz CT molecular complexity index is 1060. The normalized spacial score (nSPS) is 12.9. The number of carbonyl (C=O) groups is 2. The summed E-state index contributed by atoms with van der Waals surface area (Å²) >= 11 is 0. The quantitative estimate of drug-likeness (QED) is 0.0321. The van der Waals surface area contributed by atoms with Gasteiger partial charge in [0.25, 0.3) is 0 Å². The van der Waals surface area contributed by atoms with Crippen LogP contribution in [0.5, 0.6) is 0 Å². The van der Waals surface area contributed by atoms with Crippen molar-refractivity contribution >= 4 is 11.9 Å². The summed E-state index contributed by atoms with van der Waals surface area (Å²) in [5, 5.41) is 23.1. The fourth-order valence-corrected chi connectivity index (χ4v) is 8.71. The molecule has 0 rings (SSSR count). The van der Waals surface area contributed by atoms with E-state index in [2.05, 4.69) is 43.5 Å².